The summed E-state index contributed by atoms with van der Waals surface area (Å²) in [6.07, 6.45) is 1.94. The summed E-state index contributed by atoms with van der Waals surface area (Å²) in [6.45, 7) is 11.8. The first-order chi connectivity index (χ1) is 7.74. The highest BCUT2D eigenvalue weighted by Crippen LogP contribution is 2.24. The molecule has 0 aliphatic carbocycles. The molecule has 0 aliphatic rings. The van der Waals surface area contributed by atoms with Gasteiger partial charge in [-0.3, -0.25) is 9.59 Å². The second kappa shape index (κ2) is 6.77. The SMILES string of the molecule is CCC(=O)N[C@@H](CC(C)C)C(=O)C(C)(C)CC. The van der Waals surface area contributed by atoms with Crippen LogP contribution < -0.4 is 5.32 Å². The van der Waals surface area contributed by atoms with Crippen molar-refractivity contribution in [3.05, 3.63) is 0 Å². The molecule has 0 spiro atoms. The van der Waals surface area contributed by atoms with Crippen LogP contribution >= 0.6 is 0 Å². The molecule has 0 heterocycles. The number of nitrogens with one attached hydrogen (secondary N) is 1. The zero-order valence-electron chi connectivity index (χ0n) is 12.1. The molecule has 0 aromatic heterocycles. The summed E-state index contributed by atoms with van der Waals surface area (Å²) < 4.78 is 0. The largest absolute Gasteiger partial charge is 0.346 e. The van der Waals surface area contributed by atoms with E-state index in [1.165, 1.54) is 0 Å². The molecule has 3 heteroatoms. The van der Waals surface area contributed by atoms with Crippen LogP contribution in [-0.2, 0) is 9.59 Å². The van der Waals surface area contributed by atoms with E-state index in [-0.39, 0.29) is 23.1 Å². The minimum absolute atomic E-state index is 0.0455. The standard InChI is InChI=1S/C14H27NO2/c1-7-12(16)15-11(9-10(3)4)13(17)14(5,6)8-2/h10-11H,7-9H2,1-6H3,(H,15,16)/t11-/m0/s1. The molecule has 0 fully saturated rings. The lowest BCUT2D eigenvalue weighted by atomic mass is 9.80. The van der Waals surface area contributed by atoms with Crippen molar-refractivity contribution in [2.75, 3.05) is 0 Å². The maximum absolute atomic E-state index is 12.4. The molecule has 0 saturated heterocycles. The molecule has 3 nitrogen and oxygen atoms in total. The van der Waals surface area contributed by atoms with Crippen molar-refractivity contribution in [1.29, 1.82) is 0 Å². The molecule has 1 amide bonds. The Hall–Kier alpha value is -0.860. The van der Waals surface area contributed by atoms with Crippen LogP contribution in [-0.4, -0.2) is 17.7 Å². The third kappa shape index (κ3) is 5.33. The summed E-state index contributed by atoms with van der Waals surface area (Å²) in [6, 6.07) is -0.336. The molecule has 0 bridgehead atoms. The Bertz CT molecular complexity index is 269. The Morgan fingerprint density at radius 2 is 1.71 bits per heavy atom. The van der Waals surface area contributed by atoms with Crippen molar-refractivity contribution in [2.45, 2.75) is 66.8 Å². The van der Waals surface area contributed by atoms with E-state index < -0.39 is 0 Å². The van der Waals surface area contributed by atoms with Crippen LogP contribution in [0.4, 0.5) is 0 Å². The van der Waals surface area contributed by atoms with Gasteiger partial charge >= 0.3 is 0 Å². The average molecular weight is 241 g/mol. The Morgan fingerprint density at radius 3 is 2.06 bits per heavy atom. The Morgan fingerprint density at radius 1 is 1.18 bits per heavy atom. The molecule has 0 radical (unpaired) electrons. The maximum Gasteiger partial charge on any atom is 0.220 e. The van der Waals surface area contributed by atoms with Gasteiger partial charge in [-0.15, -0.1) is 0 Å². The normalized spacial score (nSPS) is 13.6. The van der Waals surface area contributed by atoms with E-state index in [2.05, 4.69) is 19.2 Å². The fraction of sp³-hybridized carbons (Fsp3) is 0.857. The van der Waals surface area contributed by atoms with Crippen LogP contribution in [0.3, 0.4) is 0 Å². The molecule has 0 aliphatic heterocycles. The lowest BCUT2D eigenvalue weighted by Crippen LogP contribution is -2.46. The number of carbonyl (C=O) groups is 2. The summed E-state index contributed by atoms with van der Waals surface area (Å²) in [5, 5.41) is 2.85. The number of ketones is 1. The van der Waals surface area contributed by atoms with Gasteiger partial charge < -0.3 is 5.32 Å². The maximum atomic E-state index is 12.4. The van der Waals surface area contributed by atoms with Gasteiger partial charge in [0, 0.05) is 11.8 Å². The van der Waals surface area contributed by atoms with Gasteiger partial charge in [0.15, 0.2) is 5.78 Å². The predicted molar refractivity (Wildman–Crippen MR) is 70.8 cm³/mol. The van der Waals surface area contributed by atoms with Gasteiger partial charge in [0.1, 0.15) is 0 Å². The molecule has 100 valence electrons. The lowest BCUT2D eigenvalue weighted by Gasteiger charge is -2.28. The van der Waals surface area contributed by atoms with Crippen molar-refractivity contribution < 1.29 is 9.59 Å². The van der Waals surface area contributed by atoms with Crippen LogP contribution in [0.15, 0.2) is 0 Å². The van der Waals surface area contributed by atoms with E-state index in [0.29, 0.717) is 18.8 Å². The molecule has 0 rings (SSSR count). The lowest BCUT2D eigenvalue weighted by molar-refractivity contribution is -0.133. The fourth-order valence-corrected chi connectivity index (χ4v) is 1.65. The van der Waals surface area contributed by atoms with Gasteiger partial charge in [-0.1, -0.05) is 41.5 Å². The third-order valence-corrected chi connectivity index (χ3v) is 3.23. The van der Waals surface area contributed by atoms with Gasteiger partial charge in [0.05, 0.1) is 6.04 Å². The van der Waals surface area contributed by atoms with E-state index in [1.54, 1.807) is 6.92 Å². The van der Waals surface area contributed by atoms with Crippen molar-refractivity contribution in [3.8, 4) is 0 Å². The Kier molecular flexibility index (Phi) is 6.43. The predicted octanol–water partition coefficient (Wildman–Crippen LogP) is 2.93. The van der Waals surface area contributed by atoms with E-state index in [1.807, 2.05) is 20.8 Å². The van der Waals surface area contributed by atoms with Gasteiger partial charge in [-0.25, -0.2) is 0 Å². The van der Waals surface area contributed by atoms with E-state index in [0.717, 1.165) is 6.42 Å². The summed E-state index contributed by atoms with van der Waals surface area (Å²) >= 11 is 0. The monoisotopic (exact) mass is 241 g/mol. The van der Waals surface area contributed by atoms with Crippen LogP contribution in [0.5, 0.6) is 0 Å². The summed E-state index contributed by atoms with van der Waals surface area (Å²) in [5.74, 6) is 0.500. The molecule has 0 aromatic carbocycles. The first-order valence-corrected chi connectivity index (χ1v) is 6.58. The van der Waals surface area contributed by atoms with Crippen molar-refractivity contribution in [2.24, 2.45) is 11.3 Å². The topological polar surface area (TPSA) is 46.2 Å². The van der Waals surface area contributed by atoms with Crippen LogP contribution in [0.2, 0.25) is 0 Å². The number of rotatable bonds is 7. The smallest absolute Gasteiger partial charge is 0.220 e. The number of hydrogen-bond donors (Lipinski definition) is 1. The van der Waals surface area contributed by atoms with Crippen molar-refractivity contribution in [1.82, 2.24) is 5.32 Å². The van der Waals surface area contributed by atoms with Crippen molar-refractivity contribution >= 4 is 11.7 Å². The highest BCUT2D eigenvalue weighted by atomic mass is 16.2. The molecule has 0 unspecified atom stereocenters. The van der Waals surface area contributed by atoms with Gasteiger partial charge in [-0.05, 0) is 18.8 Å². The zero-order valence-corrected chi connectivity index (χ0v) is 12.1. The Labute approximate surface area is 105 Å². The highest BCUT2D eigenvalue weighted by Gasteiger charge is 2.33. The van der Waals surface area contributed by atoms with Crippen LogP contribution in [0, 0.1) is 11.3 Å². The summed E-state index contributed by atoms with van der Waals surface area (Å²) in [5.41, 5.74) is -0.361. The molecule has 1 atom stereocenters. The second-order valence-corrected chi connectivity index (χ2v) is 5.70. The molecule has 17 heavy (non-hydrogen) atoms. The number of amides is 1. The van der Waals surface area contributed by atoms with Gasteiger partial charge in [0.25, 0.3) is 0 Å². The molecular weight excluding hydrogens is 214 g/mol. The molecular formula is C14H27NO2. The highest BCUT2D eigenvalue weighted by molar-refractivity contribution is 5.92. The molecule has 0 saturated carbocycles. The first kappa shape index (κ1) is 16.1. The van der Waals surface area contributed by atoms with Gasteiger partial charge in [0.2, 0.25) is 5.91 Å². The molecule has 0 aromatic rings. The summed E-state index contributed by atoms with van der Waals surface area (Å²) in [7, 11) is 0. The van der Waals surface area contributed by atoms with Crippen LogP contribution in [0.1, 0.15) is 60.8 Å². The van der Waals surface area contributed by atoms with Crippen molar-refractivity contribution in [3.63, 3.8) is 0 Å². The number of Topliss-reactive ketones (excluding diaryl/α,β-unsaturated/α-hetero) is 1. The van der Waals surface area contributed by atoms with E-state index >= 15 is 0 Å². The first-order valence-electron chi connectivity index (χ1n) is 6.58. The average Bonchev–Trinajstić information content (AvgIpc) is 2.26. The third-order valence-electron chi connectivity index (χ3n) is 3.23. The molecule has 1 N–H and O–H groups in total. The number of carbonyl (C=O) groups excluding carboxylic acids is 2. The quantitative estimate of drug-likeness (QED) is 0.745. The van der Waals surface area contributed by atoms with E-state index in [4.69, 9.17) is 0 Å². The summed E-state index contributed by atoms with van der Waals surface area (Å²) in [4.78, 5) is 23.8. The minimum Gasteiger partial charge on any atom is -0.346 e. The zero-order chi connectivity index (χ0) is 13.6. The number of hydrogen-bond acceptors (Lipinski definition) is 2. The Balaban J connectivity index is 4.79. The van der Waals surface area contributed by atoms with Crippen LogP contribution in [0.25, 0.3) is 0 Å². The fourth-order valence-electron chi connectivity index (χ4n) is 1.65. The van der Waals surface area contributed by atoms with Gasteiger partial charge in [-0.2, -0.15) is 0 Å². The minimum atomic E-state index is -0.361. The second-order valence-electron chi connectivity index (χ2n) is 5.70. The van der Waals surface area contributed by atoms with E-state index in [9.17, 15) is 9.59 Å².